The quantitative estimate of drug-likeness (QED) is 0.281. The van der Waals surface area contributed by atoms with Crippen LogP contribution in [0.15, 0.2) is 71.5 Å². The molecule has 27 heavy (non-hydrogen) atoms. The van der Waals surface area contributed by atoms with Gasteiger partial charge in [0.1, 0.15) is 5.65 Å². The molecule has 0 fully saturated rings. The highest BCUT2D eigenvalue weighted by Crippen LogP contribution is 2.34. The first-order chi connectivity index (χ1) is 12.9. The summed E-state index contributed by atoms with van der Waals surface area (Å²) in [6.07, 6.45) is -4.50. The van der Waals surface area contributed by atoms with Crippen LogP contribution in [0.25, 0.3) is 38.2 Å². The fraction of sp³-hybridized carbons (Fsp3) is 0.0476. The van der Waals surface area contributed by atoms with E-state index in [0.29, 0.717) is 27.3 Å². The highest BCUT2D eigenvalue weighted by atomic mass is 19.4. The van der Waals surface area contributed by atoms with Crippen LogP contribution < -0.4 is 5.56 Å². The van der Waals surface area contributed by atoms with Gasteiger partial charge in [-0.05, 0) is 29.7 Å². The molecular formula is C21H11F3N2O. The van der Waals surface area contributed by atoms with Crippen LogP contribution in [-0.2, 0) is 6.18 Å². The van der Waals surface area contributed by atoms with E-state index >= 15 is 0 Å². The molecule has 0 spiro atoms. The van der Waals surface area contributed by atoms with Crippen LogP contribution in [0.4, 0.5) is 13.2 Å². The third-order valence-electron chi connectivity index (χ3n) is 4.80. The smallest absolute Gasteiger partial charge is 0.268 e. The zero-order valence-corrected chi connectivity index (χ0v) is 13.8. The second kappa shape index (κ2) is 5.30. The molecular weight excluding hydrogens is 353 g/mol. The number of rotatable bonds is 0. The summed E-state index contributed by atoms with van der Waals surface area (Å²) in [5.74, 6) is 0. The molecule has 3 aromatic carbocycles. The summed E-state index contributed by atoms with van der Waals surface area (Å²) in [6.45, 7) is 0. The van der Waals surface area contributed by atoms with Gasteiger partial charge < -0.3 is 0 Å². The van der Waals surface area contributed by atoms with E-state index in [1.165, 1.54) is 10.5 Å². The standard InChI is InChI=1S/C21H11F3N2O/c22-21(23,24)12-9-10-14-13-5-1-2-6-15(13)19-25-17-8-4-3-7-16(17)20(27)26(19)18(14)11-12/h1-11H. The molecule has 5 aromatic rings. The highest BCUT2D eigenvalue weighted by molar-refractivity contribution is 6.12. The zero-order valence-electron chi connectivity index (χ0n) is 13.8. The van der Waals surface area contributed by atoms with E-state index < -0.39 is 11.7 Å². The normalized spacial score (nSPS) is 12.4. The summed E-state index contributed by atoms with van der Waals surface area (Å²) < 4.78 is 41.1. The van der Waals surface area contributed by atoms with Crippen LogP contribution in [0.5, 0.6) is 0 Å². The second-order valence-electron chi connectivity index (χ2n) is 6.37. The van der Waals surface area contributed by atoms with Crippen molar-refractivity contribution in [2.45, 2.75) is 6.18 Å². The molecule has 0 amide bonds. The van der Waals surface area contributed by atoms with Gasteiger partial charge in [-0.15, -0.1) is 0 Å². The lowest BCUT2D eigenvalue weighted by molar-refractivity contribution is -0.137. The van der Waals surface area contributed by atoms with E-state index in [0.717, 1.165) is 17.5 Å². The molecule has 3 nitrogen and oxygen atoms in total. The van der Waals surface area contributed by atoms with Gasteiger partial charge in [-0.1, -0.05) is 42.5 Å². The first-order valence-electron chi connectivity index (χ1n) is 8.28. The Morgan fingerprint density at radius 3 is 2.19 bits per heavy atom. The van der Waals surface area contributed by atoms with Crippen LogP contribution in [-0.4, -0.2) is 9.38 Å². The van der Waals surface area contributed by atoms with Crippen LogP contribution in [0.3, 0.4) is 0 Å². The van der Waals surface area contributed by atoms with Crippen molar-refractivity contribution in [3.05, 3.63) is 82.6 Å². The van der Waals surface area contributed by atoms with Gasteiger partial charge in [0, 0.05) is 10.8 Å². The lowest BCUT2D eigenvalue weighted by Gasteiger charge is -2.14. The van der Waals surface area contributed by atoms with Crippen molar-refractivity contribution in [3.63, 3.8) is 0 Å². The lowest BCUT2D eigenvalue weighted by atomic mass is 10.0. The Morgan fingerprint density at radius 1 is 0.778 bits per heavy atom. The molecule has 2 heterocycles. The first kappa shape index (κ1) is 15.8. The number of halogens is 3. The lowest BCUT2D eigenvalue weighted by Crippen LogP contribution is -2.17. The summed E-state index contributed by atoms with van der Waals surface area (Å²) in [7, 11) is 0. The minimum absolute atomic E-state index is 0.196. The van der Waals surface area contributed by atoms with Gasteiger partial charge in [0.15, 0.2) is 0 Å². The number of benzene rings is 3. The molecule has 0 unspecified atom stereocenters. The van der Waals surface area contributed by atoms with Crippen LogP contribution in [0.1, 0.15) is 5.56 Å². The van der Waals surface area contributed by atoms with Gasteiger partial charge in [-0.3, -0.25) is 9.20 Å². The number of para-hydroxylation sites is 1. The number of alkyl halides is 3. The van der Waals surface area contributed by atoms with E-state index in [-0.39, 0.29) is 11.1 Å². The van der Waals surface area contributed by atoms with Gasteiger partial charge in [0.05, 0.1) is 22.0 Å². The predicted octanol–water partition coefficient (Wildman–Crippen LogP) is 5.17. The average Bonchev–Trinajstić information content (AvgIpc) is 2.67. The third kappa shape index (κ3) is 2.23. The van der Waals surface area contributed by atoms with Gasteiger partial charge >= 0.3 is 6.18 Å². The van der Waals surface area contributed by atoms with E-state index in [1.54, 1.807) is 24.3 Å². The van der Waals surface area contributed by atoms with Crippen LogP contribution in [0.2, 0.25) is 0 Å². The molecule has 132 valence electrons. The number of hydrogen-bond donors (Lipinski definition) is 0. The Labute approximate surface area is 150 Å². The van der Waals surface area contributed by atoms with E-state index in [1.807, 2.05) is 24.3 Å². The summed E-state index contributed by atoms with van der Waals surface area (Å²) >= 11 is 0. The number of aromatic nitrogens is 2. The van der Waals surface area contributed by atoms with Crippen LogP contribution in [0, 0.1) is 0 Å². The molecule has 0 saturated carbocycles. The Bertz CT molecular complexity index is 1430. The number of fused-ring (bicyclic) bond motifs is 7. The summed E-state index contributed by atoms with van der Waals surface area (Å²) in [5.41, 5.74) is -0.126. The van der Waals surface area contributed by atoms with Crippen molar-refractivity contribution >= 4 is 38.2 Å². The Morgan fingerprint density at radius 2 is 1.44 bits per heavy atom. The summed E-state index contributed by atoms with van der Waals surface area (Å²) in [4.78, 5) is 17.7. The molecule has 0 atom stereocenters. The Balaban J connectivity index is 2.14. The van der Waals surface area contributed by atoms with Gasteiger partial charge in [-0.25, -0.2) is 4.98 Å². The van der Waals surface area contributed by atoms with Crippen molar-refractivity contribution < 1.29 is 13.2 Å². The zero-order chi connectivity index (χ0) is 18.8. The number of hydrogen-bond acceptors (Lipinski definition) is 2. The average molecular weight is 364 g/mol. The summed E-state index contributed by atoms with van der Waals surface area (Å²) in [6, 6.07) is 17.6. The molecule has 0 bridgehead atoms. The number of pyridine rings is 1. The third-order valence-corrected chi connectivity index (χ3v) is 4.80. The molecule has 0 N–H and O–H groups in total. The largest absolute Gasteiger partial charge is 0.416 e. The highest BCUT2D eigenvalue weighted by Gasteiger charge is 2.31. The molecule has 2 aromatic heterocycles. The Kier molecular flexibility index (Phi) is 3.10. The van der Waals surface area contributed by atoms with Gasteiger partial charge in [0.2, 0.25) is 0 Å². The molecule has 0 radical (unpaired) electrons. The SMILES string of the molecule is O=c1c2ccccc2nc2c3ccccc3c3ccc(C(F)(F)F)cc3n12. The fourth-order valence-electron chi connectivity index (χ4n) is 3.57. The van der Waals surface area contributed by atoms with Crippen molar-refractivity contribution in [3.8, 4) is 0 Å². The minimum Gasteiger partial charge on any atom is -0.268 e. The van der Waals surface area contributed by atoms with Gasteiger partial charge in [-0.2, -0.15) is 13.2 Å². The predicted molar refractivity (Wildman–Crippen MR) is 99.0 cm³/mol. The van der Waals surface area contributed by atoms with E-state index in [9.17, 15) is 18.0 Å². The Hall–Kier alpha value is -3.41. The minimum atomic E-state index is -4.50. The van der Waals surface area contributed by atoms with E-state index in [2.05, 4.69) is 4.98 Å². The first-order valence-corrected chi connectivity index (χ1v) is 8.28. The molecule has 5 rings (SSSR count). The summed E-state index contributed by atoms with van der Waals surface area (Å²) in [5, 5.41) is 2.41. The van der Waals surface area contributed by atoms with Gasteiger partial charge in [0.25, 0.3) is 5.56 Å². The van der Waals surface area contributed by atoms with E-state index in [4.69, 9.17) is 0 Å². The second-order valence-corrected chi connectivity index (χ2v) is 6.37. The monoisotopic (exact) mass is 364 g/mol. The maximum atomic E-state index is 13.3. The maximum Gasteiger partial charge on any atom is 0.416 e. The number of nitrogens with zero attached hydrogens (tertiary/aromatic N) is 2. The molecule has 0 saturated heterocycles. The van der Waals surface area contributed by atoms with Crippen molar-refractivity contribution in [2.24, 2.45) is 0 Å². The van der Waals surface area contributed by atoms with Crippen molar-refractivity contribution in [1.82, 2.24) is 9.38 Å². The topological polar surface area (TPSA) is 34.4 Å². The molecule has 6 heteroatoms. The maximum absolute atomic E-state index is 13.3. The molecule has 0 aliphatic carbocycles. The molecule has 0 aliphatic heterocycles. The molecule has 0 aliphatic rings. The van der Waals surface area contributed by atoms with Crippen molar-refractivity contribution in [1.29, 1.82) is 0 Å². The van der Waals surface area contributed by atoms with Crippen LogP contribution >= 0.6 is 0 Å². The van der Waals surface area contributed by atoms with Crippen molar-refractivity contribution in [2.75, 3.05) is 0 Å². The fourth-order valence-corrected chi connectivity index (χ4v) is 3.57.